The molecule has 0 aliphatic carbocycles. The largest absolute Gasteiger partial charge is 0.481 e. The molecule has 0 rings (SSSR count). The number of rotatable bonds is 12. The Kier molecular flexibility index (Phi) is 10.8. The van der Waals surface area contributed by atoms with E-state index in [0.717, 1.165) is 45.7 Å². The minimum absolute atomic E-state index is 0.236. The second-order valence-corrected chi connectivity index (χ2v) is 5.17. The molecule has 5 heteroatoms. The lowest BCUT2D eigenvalue weighted by atomic mass is 10.3. The number of nitrogens with zero attached hydrogens (tertiary/aromatic N) is 3. The van der Waals surface area contributed by atoms with E-state index in [0.29, 0.717) is 6.54 Å². The van der Waals surface area contributed by atoms with Crippen molar-refractivity contribution in [1.82, 2.24) is 14.7 Å². The maximum atomic E-state index is 10.7. The highest BCUT2D eigenvalue weighted by Crippen LogP contribution is 1.98. The zero-order valence-electron chi connectivity index (χ0n) is 13.1. The van der Waals surface area contributed by atoms with E-state index in [4.69, 9.17) is 5.11 Å². The van der Waals surface area contributed by atoms with E-state index in [9.17, 15) is 4.79 Å². The third-order valence-electron chi connectivity index (χ3n) is 3.35. The van der Waals surface area contributed by atoms with Crippen LogP contribution in [0.3, 0.4) is 0 Å². The standard InChI is InChI=1S/C14H31N3O2/c1-5-16(6-2)12-13-17(11-8-14(18)19)10-7-9-15(3)4/h5-13H2,1-4H3,(H,18,19). The van der Waals surface area contributed by atoms with E-state index in [2.05, 4.69) is 42.6 Å². The number of likely N-dealkylation sites (N-methyl/N-ethyl adjacent to an activating group) is 1. The normalized spacial score (nSPS) is 11.7. The fourth-order valence-electron chi connectivity index (χ4n) is 2.02. The van der Waals surface area contributed by atoms with Gasteiger partial charge in [-0.3, -0.25) is 4.79 Å². The number of carboxylic acid groups (broad SMARTS) is 1. The summed E-state index contributed by atoms with van der Waals surface area (Å²) in [5, 5.41) is 8.80. The van der Waals surface area contributed by atoms with Gasteiger partial charge in [-0.25, -0.2) is 0 Å². The average molecular weight is 273 g/mol. The minimum atomic E-state index is -0.708. The van der Waals surface area contributed by atoms with Crippen molar-refractivity contribution in [1.29, 1.82) is 0 Å². The molecule has 5 nitrogen and oxygen atoms in total. The Morgan fingerprint density at radius 1 is 0.895 bits per heavy atom. The highest BCUT2D eigenvalue weighted by atomic mass is 16.4. The SMILES string of the molecule is CCN(CC)CCN(CCCN(C)C)CCC(=O)O. The van der Waals surface area contributed by atoms with Crippen LogP contribution in [0.25, 0.3) is 0 Å². The van der Waals surface area contributed by atoms with Gasteiger partial charge in [0, 0.05) is 19.6 Å². The van der Waals surface area contributed by atoms with Crippen LogP contribution in [0.15, 0.2) is 0 Å². The third kappa shape index (κ3) is 10.9. The van der Waals surface area contributed by atoms with Crippen molar-refractivity contribution in [2.45, 2.75) is 26.7 Å². The van der Waals surface area contributed by atoms with Crippen molar-refractivity contribution >= 4 is 5.97 Å². The molecule has 0 saturated heterocycles. The summed E-state index contributed by atoms with van der Waals surface area (Å²) in [6.45, 7) is 11.1. The van der Waals surface area contributed by atoms with Crippen molar-refractivity contribution in [3.05, 3.63) is 0 Å². The third-order valence-corrected chi connectivity index (χ3v) is 3.35. The van der Waals surface area contributed by atoms with Gasteiger partial charge in [0.15, 0.2) is 0 Å². The number of carboxylic acids is 1. The van der Waals surface area contributed by atoms with Crippen LogP contribution in [0.5, 0.6) is 0 Å². The van der Waals surface area contributed by atoms with Gasteiger partial charge in [-0.15, -0.1) is 0 Å². The summed E-state index contributed by atoms with van der Waals surface area (Å²) >= 11 is 0. The van der Waals surface area contributed by atoms with Gasteiger partial charge in [-0.05, 0) is 46.7 Å². The fraction of sp³-hybridized carbons (Fsp3) is 0.929. The highest BCUT2D eigenvalue weighted by Gasteiger charge is 2.09. The maximum absolute atomic E-state index is 10.7. The van der Waals surface area contributed by atoms with Gasteiger partial charge in [-0.1, -0.05) is 13.8 Å². The summed E-state index contributed by atoms with van der Waals surface area (Å²) in [6.07, 6.45) is 1.32. The maximum Gasteiger partial charge on any atom is 0.304 e. The van der Waals surface area contributed by atoms with E-state index in [1.165, 1.54) is 0 Å². The van der Waals surface area contributed by atoms with Crippen LogP contribution in [0.1, 0.15) is 26.7 Å². The summed E-state index contributed by atoms with van der Waals surface area (Å²) in [5.74, 6) is -0.708. The Hall–Kier alpha value is -0.650. The van der Waals surface area contributed by atoms with Crippen LogP contribution in [0.2, 0.25) is 0 Å². The molecular weight excluding hydrogens is 242 g/mol. The molecule has 0 spiro atoms. The van der Waals surface area contributed by atoms with Gasteiger partial charge >= 0.3 is 5.97 Å². The summed E-state index contributed by atoms with van der Waals surface area (Å²) in [7, 11) is 4.13. The first-order valence-electron chi connectivity index (χ1n) is 7.30. The fourth-order valence-corrected chi connectivity index (χ4v) is 2.02. The lowest BCUT2D eigenvalue weighted by Crippen LogP contribution is -2.37. The topological polar surface area (TPSA) is 47.0 Å². The van der Waals surface area contributed by atoms with Crippen LogP contribution in [0.4, 0.5) is 0 Å². The van der Waals surface area contributed by atoms with Crippen LogP contribution in [-0.4, -0.2) is 85.7 Å². The van der Waals surface area contributed by atoms with Crippen molar-refractivity contribution in [3.63, 3.8) is 0 Å². The zero-order chi connectivity index (χ0) is 14.7. The molecule has 0 saturated carbocycles. The van der Waals surface area contributed by atoms with Crippen LogP contribution >= 0.6 is 0 Å². The van der Waals surface area contributed by atoms with Gasteiger partial charge in [-0.2, -0.15) is 0 Å². The van der Waals surface area contributed by atoms with Gasteiger partial charge in [0.05, 0.1) is 6.42 Å². The lowest BCUT2D eigenvalue weighted by molar-refractivity contribution is -0.137. The molecule has 0 heterocycles. The summed E-state index contributed by atoms with van der Waals surface area (Å²) in [4.78, 5) is 17.5. The van der Waals surface area contributed by atoms with Crippen LogP contribution in [0, 0.1) is 0 Å². The minimum Gasteiger partial charge on any atom is -0.481 e. The van der Waals surface area contributed by atoms with Gasteiger partial charge in [0.25, 0.3) is 0 Å². The van der Waals surface area contributed by atoms with E-state index in [1.54, 1.807) is 0 Å². The lowest BCUT2D eigenvalue weighted by Gasteiger charge is -2.26. The van der Waals surface area contributed by atoms with E-state index in [1.807, 2.05) is 0 Å². The molecular formula is C14H31N3O2. The first-order valence-corrected chi connectivity index (χ1v) is 7.30. The number of hydrogen-bond donors (Lipinski definition) is 1. The summed E-state index contributed by atoms with van der Waals surface area (Å²) in [5.41, 5.74) is 0. The van der Waals surface area contributed by atoms with Gasteiger partial charge in [0.2, 0.25) is 0 Å². The molecule has 0 atom stereocenters. The molecule has 0 radical (unpaired) electrons. The number of carbonyl (C=O) groups is 1. The Morgan fingerprint density at radius 2 is 1.47 bits per heavy atom. The van der Waals surface area contributed by atoms with Gasteiger partial charge < -0.3 is 19.8 Å². The predicted octanol–water partition coefficient (Wildman–Crippen LogP) is 1.06. The van der Waals surface area contributed by atoms with Crippen molar-refractivity contribution < 1.29 is 9.90 Å². The van der Waals surface area contributed by atoms with Crippen LogP contribution < -0.4 is 0 Å². The molecule has 0 fully saturated rings. The van der Waals surface area contributed by atoms with E-state index >= 15 is 0 Å². The molecule has 0 aliphatic rings. The second kappa shape index (κ2) is 11.2. The first-order chi connectivity index (χ1) is 8.99. The predicted molar refractivity (Wildman–Crippen MR) is 79.7 cm³/mol. The quantitative estimate of drug-likeness (QED) is 0.576. The summed E-state index contributed by atoms with van der Waals surface area (Å²) in [6, 6.07) is 0. The molecule has 114 valence electrons. The Bertz CT molecular complexity index is 231. The number of aliphatic carboxylic acids is 1. The van der Waals surface area contributed by atoms with Gasteiger partial charge in [0.1, 0.15) is 0 Å². The Labute approximate surface area is 118 Å². The molecule has 0 bridgehead atoms. The van der Waals surface area contributed by atoms with E-state index in [-0.39, 0.29) is 6.42 Å². The Morgan fingerprint density at radius 3 is 1.95 bits per heavy atom. The average Bonchev–Trinajstić information content (AvgIpc) is 2.35. The molecule has 0 aromatic heterocycles. The smallest absolute Gasteiger partial charge is 0.304 e. The zero-order valence-corrected chi connectivity index (χ0v) is 13.1. The Balaban J connectivity index is 4.05. The molecule has 0 amide bonds. The number of hydrogen-bond acceptors (Lipinski definition) is 4. The van der Waals surface area contributed by atoms with Crippen molar-refractivity contribution in [3.8, 4) is 0 Å². The first kappa shape index (κ1) is 18.4. The molecule has 1 N–H and O–H groups in total. The molecule has 19 heavy (non-hydrogen) atoms. The molecule has 0 aromatic carbocycles. The van der Waals surface area contributed by atoms with Crippen molar-refractivity contribution in [2.75, 3.05) is 59.9 Å². The van der Waals surface area contributed by atoms with Crippen LogP contribution in [-0.2, 0) is 4.79 Å². The summed E-state index contributed by atoms with van der Waals surface area (Å²) < 4.78 is 0. The molecule has 0 aliphatic heterocycles. The van der Waals surface area contributed by atoms with Crippen molar-refractivity contribution in [2.24, 2.45) is 0 Å². The molecule has 0 aromatic rings. The monoisotopic (exact) mass is 273 g/mol. The highest BCUT2D eigenvalue weighted by molar-refractivity contribution is 5.66. The van der Waals surface area contributed by atoms with E-state index < -0.39 is 5.97 Å². The second-order valence-electron chi connectivity index (χ2n) is 5.17. The molecule has 0 unspecified atom stereocenters.